The highest BCUT2D eigenvalue weighted by atomic mass is 16.5. The molecule has 1 aromatic carbocycles. The van der Waals surface area contributed by atoms with E-state index in [4.69, 9.17) is 9.15 Å². The Morgan fingerprint density at radius 1 is 1.31 bits per heavy atom. The second kappa shape index (κ2) is 3.73. The van der Waals surface area contributed by atoms with Crippen molar-refractivity contribution in [1.29, 1.82) is 0 Å². The Hall–Kier alpha value is -2.23. The molecule has 0 aliphatic heterocycles. The molecule has 16 heavy (non-hydrogen) atoms. The first-order chi connectivity index (χ1) is 7.93. The number of aromatic amines is 1. The van der Waals surface area contributed by atoms with Gasteiger partial charge in [-0.15, -0.1) is 0 Å². The van der Waals surface area contributed by atoms with Crippen LogP contribution in [0.15, 0.2) is 47.3 Å². The number of oxazole rings is 1. The Labute approximate surface area is 91.9 Å². The van der Waals surface area contributed by atoms with Crippen molar-refractivity contribution in [3.8, 4) is 5.75 Å². The van der Waals surface area contributed by atoms with Crippen molar-refractivity contribution in [1.82, 2.24) is 9.97 Å². The number of benzene rings is 1. The molecule has 0 aliphatic rings. The normalized spacial score (nSPS) is 10.8. The molecule has 0 saturated heterocycles. The van der Waals surface area contributed by atoms with Gasteiger partial charge in [-0.25, -0.2) is 4.98 Å². The molecule has 80 valence electrons. The molecule has 4 heteroatoms. The van der Waals surface area contributed by atoms with Crippen molar-refractivity contribution < 1.29 is 9.15 Å². The molecule has 0 fully saturated rings. The van der Waals surface area contributed by atoms with Gasteiger partial charge in [0.25, 0.3) is 0 Å². The smallest absolute Gasteiger partial charge is 0.232 e. The number of nitrogens with one attached hydrogen (secondary N) is 1. The fourth-order valence-electron chi connectivity index (χ4n) is 1.63. The molecule has 0 unspecified atom stereocenters. The summed E-state index contributed by atoms with van der Waals surface area (Å²) in [6, 6.07) is 7.98. The van der Waals surface area contributed by atoms with Gasteiger partial charge in [-0.05, 0) is 12.1 Å². The van der Waals surface area contributed by atoms with Crippen LogP contribution in [0.1, 0.15) is 5.89 Å². The Kier molecular flexibility index (Phi) is 2.11. The van der Waals surface area contributed by atoms with Crippen molar-refractivity contribution >= 4 is 10.9 Å². The summed E-state index contributed by atoms with van der Waals surface area (Å²) >= 11 is 0. The second-order valence-corrected chi connectivity index (χ2v) is 3.41. The van der Waals surface area contributed by atoms with Crippen LogP contribution in [0.4, 0.5) is 0 Å². The Bertz CT molecular complexity index is 584. The van der Waals surface area contributed by atoms with Gasteiger partial charge in [0.1, 0.15) is 12.0 Å². The highest BCUT2D eigenvalue weighted by molar-refractivity contribution is 5.85. The van der Waals surface area contributed by atoms with E-state index in [2.05, 4.69) is 9.97 Å². The summed E-state index contributed by atoms with van der Waals surface area (Å²) in [4.78, 5) is 7.14. The first kappa shape index (κ1) is 9.03. The molecular weight excluding hydrogens is 204 g/mol. The molecule has 3 aromatic rings. The largest absolute Gasteiger partial charge is 0.482 e. The molecule has 2 heterocycles. The van der Waals surface area contributed by atoms with Crippen molar-refractivity contribution in [3.63, 3.8) is 0 Å². The van der Waals surface area contributed by atoms with Gasteiger partial charge in [0.05, 0.1) is 6.20 Å². The Balaban J connectivity index is 1.84. The molecular formula is C12H10N2O2. The van der Waals surface area contributed by atoms with E-state index in [1.807, 2.05) is 30.5 Å². The minimum absolute atomic E-state index is 0.342. The van der Waals surface area contributed by atoms with Crippen LogP contribution in [0.25, 0.3) is 10.9 Å². The minimum Gasteiger partial charge on any atom is -0.482 e. The van der Waals surface area contributed by atoms with Gasteiger partial charge >= 0.3 is 0 Å². The van der Waals surface area contributed by atoms with Gasteiger partial charge in [0.15, 0.2) is 6.61 Å². The number of aromatic nitrogens is 2. The summed E-state index contributed by atoms with van der Waals surface area (Å²) in [5.74, 6) is 1.39. The molecule has 0 radical (unpaired) electrons. The zero-order valence-corrected chi connectivity index (χ0v) is 8.51. The van der Waals surface area contributed by atoms with E-state index in [9.17, 15) is 0 Å². The van der Waals surface area contributed by atoms with Crippen LogP contribution >= 0.6 is 0 Å². The van der Waals surface area contributed by atoms with Gasteiger partial charge in [-0.2, -0.15) is 0 Å². The van der Waals surface area contributed by atoms with E-state index in [0.717, 1.165) is 16.7 Å². The van der Waals surface area contributed by atoms with E-state index in [0.29, 0.717) is 12.5 Å². The number of fused-ring (bicyclic) bond motifs is 1. The molecule has 2 aromatic heterocycles. The van der Waals surface area contributed by atoms with Crippen LogP contribution in [0, 0.1) is 0 Å². The van der Waals surface area contributed by atoms with Gasteiger partial charge in [0.2, 0.25) is 5.89 Å². The highest BCUT2D eigenvalue weighted by Crippen LogP contribution is 2.25. The predicted octanol–water partition coefficient (Wildman–Crippen LogP) is 2.73. The lowest BCUT2D eigenvalue weighted by Gasteiger charge is -2.00. The lowest BCUT2D eigenvalue weighted by Crippen LogP contribution is -1.94. The topological polar surface area (TPSA) is 51.1 Å². The van der Waals surface area contributed by atoms with Crippen LogP contribution in [0.5, 0.6) is 5.75 Å². The molecule has 0 saturated carbocycles. The van der Waals surface area contributed by atoms with Crippen LogP contribution in [-0.4, -0.2) is 9.97 Å². The van der Waals surface area contributed by atoms with E-state index >= 15 is 0 Å². The lowest BCUT2D eigenvalue weighted by atomic mass is 10.2. The van der Waals surface area contributed by atoms with Crippen molar-refractivity contribution in [3.05, 3.63) is 48.8 Å². The highest BCUT2D eigenvalue weighted by Gasteiger charge is 2.05. The first-order valence-electron chi connectivity index (χ1n) is 5.01. The van der Waals surface area contributed by atoms with E-state index in [1.54, 1.807) is 6.20 Å². The van der Waals surface area contributed by atoms with Gasteiger partial charge in [-0.3, -0.25) is 0 Å². The summed E-state index contributed by atoms with van der Waals surface area (Å²) in [6.07, 6.45) is 4.98. The zero-order valence-electron chi connectivity index (χ0n) is 8.51. The molecule has 0 atom stereocenters. The molecule has 0 amide bonds. The van der Waals surface area contributed by atoms with Gasteiger partial charge in [-0.1, -0.05) is 12.1 Å². The number of rotatable bonds is 3. The second-order valence-electron chi connectivity index (χ2n) is 3.41. The van der Waals surface area contributed by atoms with Crippen LogP contribution in [0.3, 0.4) is 0 Å². The Morgan fingerprint density at radius 3 is 3.12 bits per heavy atom. The fourth-order valence-corrected chi connectivity index (χ4v) is 1.63. The van der Waals surface area contributed by atoms with Crippen molar-refractivity contribution in [2.45, 2.75) is 6.61 Å². The number of ether oxygens (including phenoxy) is 1. The number of nitrogens with zero attached hydrogens (tertiary/aromatic N) is 1. The van der Waals surface area contributed by atoms with Crippen LogP contribution < -0.4 is 4.74 Å². The van der Waals surface area contributed by atoms with Gasteiger partial charge < -0.3 is 14.1 Å². The molecule has 4 nitrogen and oxygen atoms in total. The maximum Gasteiger partial charge on any atom is 0.232 e. The quantitative estimate of drug-likeness (QED) is 0.729. The molecule has 0 spiro atoms. The third kappa shape index (κ3) is 1.54. The third-order valence-electron chi connectivity index (χ3n) is 2.39. The van der Waals surface area contributed by atoms with E-state index in [-0.39, 0.29) is 0 Å². The predicted molar refractivity (Wildman–Crippen MR) is 59.1 cm³/mol. The van der Waals surface area contributed by atoms with E-state index in [1.165, 1.54) is 6.26 Å². The average Bonchev–Trinajstić information content (AvgIpc) is 2.96. The average molecular weight is 214 g/mol. The minimum atomic E-state index is 0.342. The monoisotopic (exact) mass is 214 g/mol. The van der Waals surface area contributed by atoms with E-state index < -0.39 is 0 Å². The third-order valence-corrected chi connectivity index (χ3v) is 2.39. The maximum absolute atomic E-state index is 5.62. The molecule has 0 bridgehead atoms. The Morgan fingerprint density at radius 2 is 2.25 bits per heavy atom. The summed E-state index contributed by atoms with van der Waals surface area (Å²) in [5.41, 5.74) is 1.06. The molecule has 3 rings (SSSR count). The number of hydrogen-bond acceptors (Lipinski definition) is 3. The summed E-state index contributed by atoms with van der Waals surface area (Å²) in [6.45, 7) is 0.342. The first-order valence-corrected chi connectivity index (χ1v) is 5.01. The summed E-state index contributed by atoms with van der Waals surface area (Å²) < 4.78 is 10.7. The van der Waals surface area contributed by atoms with Crippen molar-refractivity contribution in [2.24, 2.45) is 0 Å². The number of para-hydroxylation sites is 1. The molecule has 0 aliphatic carbocycles. The zero-order chi connectivity index (χ0) is 10.8. The SMILES string of the molecule is c1ccc2c(OCc3ncco3)c[nH]c2c1. The van der Waals surface area contributed by atoms with Crippen molar-refractivity contribution in [2.75, 3.05) is 0 Å². The van der Waals surface area contributed by atoms with Crippen LogP contribution in [-0.2, 0) is 6.61 Å². The van der Waals surface area contributed by atoms with Gasteiger partial charge in [0, 0.05) is 17.1 Å². The maximum atomic E-state index is 5.62. The number of hydrogen-bond donors (Lipinski definition) is 1. The molecule has 1 N–H and O–H groups in total. The fraction of sp³-hybridized carbons (Fsp3) is 0.0833. The van der Waals surface area contributed by atoms with Crippen LogP contribution in [0.2, 0.25) is 0 Å². The number of H-pyrrole nitrogens is 1. The summed E-state index contributed by atoms with van der Waals surface area (Å²) in [7, 11) is 0. The summed E-state index contributed by atoms with van der Waals surface area (Å²) in [5, 5.41) is 1.06. The standard InChI is InChI=1S/C12H10N2O2/c1-2-4-10-9(3-1)11(7-14-10)16-8-12-13-5-6-15-12/h1-7,14H,8H2. The lowest BCUT2D eigenvalue weighted by molar-refractivity contribution is 0.266.